The van der Waals surface area contributed by atoms with Gasteiger partial charge in [-0.3, -0.25) is 9.59 Å². The number of imide groups is 1. The quantitative estimate of drug-likeness (QED) is 0.338. The van der Waals surface area contributed by atoms with Gasteiger partial charge in [0.05, 0.1) is 38.7 Å². The molecule has 166 valence electrons. The van der Waals surface area contributed by atoms with E-state index in [9.17, 15) is 9.59 Å². The molecule has 0 saturated heterocycles. The Kier molecular flexibility index (Phi) is 7.11. The van der Waals surface area contributed by atoms with Gasteiger partial charge in [-0.1, -0.05) is 36.4 Å². The smallest absolute Gasteiger partial charge is 0.266 e. The first-order valence-electron chi connectivity index (χ1n) is 10.5. The molecule has 1 heterocycles. The summed E-state index contributed by atoms with van der Waals surface area (Å²) < 4.78 is 21.6. The Labute approximate surface area is 186 Å². The minimum absolute atomic E-state index is 0.275. The van der Waals surface area contributed by atoms with E-state index in [1.54, 1.807) is 43.5 Å². The van der Waals surface area contributed by atoms with Crippen molar-refractivity contribution in [3.8, 4) is 5.75 Å². The molecule has 1 aliphatic rings. The number of hydrogen-bond acceptors (Lipinski definition) is 6. The lowest BCUT2D eigenvalue weighted by molar-refractivity contribution is 0.0180. The maximum atomic E-state index is 13.3. The van der Waals surface area contributed by atoms with Crippen LogP contribution in [0.2, 0.25) is 0 Å². The average Bonchev–Trinajstić information content (AvgIpc) is 2.82. The number of nitrogens with zero attached hydrogens (tertiary/aromatic N) is 1. The Morgan fingerprint density at radius 3 is 1.94 bits per heavy atom. The van der Waals surface area contributed by atoms with Crippen molar-refractivity contribution >= 4 is 28.3 Å². The van der Waals surface area contributed by atoms with Gasteiger partial charge in [0.15, 0.2) is 0 Å². The van der Waals surface area contributed by atoms with Crippen LogP contribution in [-0.2, 0) is 14.2 Å². The Morgan fingerprint density at radius 1 is 0.688 bits per heavy atom. The highest BCUT2D eigenvalue weighted by atomic mass is 16.6. The highest BCUT2D eigenvalue weighted by Gasteiger charge is 2.35. The second-order valence-corrected chi connectivity index (χ2v) is 7.19. The van der Waals surface area contributed by atoms with E-state index in [0.29, 0.717) is 61.0 Å². The zero-order chi connectivity index (χ0) is 22.3. The van der Waals surface area contributed by atoms with Gasteiger partial charge in [-0.2, -0.15) is 0 Å². The monoisotopic (exact) mass is 435 g/mol. The number of benzene rings is 3. The number of hydrogen-bond donors (Lipinski definition) is 0. The van der Waals surface area contributed by atoms with Crippen molar-refractivity contribution in [2.45, 2.75) is 0 Å². The molecule has 0 aliphatic carbocycles. The highest BCUT2D eigenvalue weighted by Crippen LogP contribution is 2.36. The van der Waals surface area contributed by atoms with Crippen molar-refractivity contribution < 1.29 is 28.5 Å². The molecule has 3 aromatic rings. The van der Waals surface area contributed by atoms with E-state index >= 15 is 0 Å². The first-order valence-corrected chi connectivity index (χ1v) is 10.5. The van der Waals surface area contributed by atoms with E-state index in [0.717, 1.165) is 5.39 Å². The van der Waals surface area contributed by atoms with Crippen LogP contribution in [0.25, 0.3) is 10.8 Å². The van der Waals surface area contributed by atoms with Gasteiger partial charge in [-0.25, -0.2) is 4.90 Å². The molecule has 2 amide bonds. The van der Waals surface area contributed by atoms with Gasteiger partial charge >= 0.3 is 0 Å². The SMILES string of the molecule is COCCOCCOCCOc1ccccc1N1C(=O)c2cccc3cccc(c23)C1=O. The fraction of sp³-hybridized carbons (Fsp3) is 0.280. The van der Waals surface area contributed by atoms with Gasteiger partial charge in [0.25, 0.3) is 11.8 Å². The number of carbonyl (C=O) groups is 2. The van der Waals surface area contributed by atoms with E-state index in [1.165, 1.54) is 4.90 Å². The summed E-state index contributed by atoms with van der Waals surface area (Å²) in [6.45, 7) is 2.62. The van der Waals surface area contributed by atoms with E-state index in [-0.39, 0.29) is 18.4 Å². The van der Waals surface area contributed by atoms with Crippen LogP contribution in [0.5, 0.6) is 5.75 Å². The Balaban J connectivity index is 1.45. The summed E-state index contributed by atoms with van der Waals surface area (Å²) in [5.41, 5.74) is 1.42. The molecule has 0 unspecified atom stereocenters. The number of carbonyl (C=O) groups excluding carboxylic acids is 2. The van der Waals surface area contributed by atoms with Crippen LogP contribution >= 0.6 is 0 Å². The van der Waals surface area contributed by atoms with Crippen LogP contribution in [0.3, 0.4) is 0 Å². The van der Waals surface area contributed by atoms with Crippen molar-refractivity contribution in [2.24, 2.45) is 0 Å². The van der Waals surface area contributed by atoms with Gasteiger partial charge in [0.2, 0.25) is 0 Å². The minimum Gasteiger partial charge on any atom is -0.489 e. The zero-order valence-electron chi connectivity index (χ0n) is 17.9. The fourth-order valence-corrected chi connectivity index (χ4v) is 3.69. The second kappa shape index (κ2) is 10.4. The molecule has 0 N–H and O–H groups in total. The Bertz CT molecular complexity index is 1060. The first-order chi connectivity index (χ1) is 15.7. The van der Waals surface area contributed by atoms with Crippen LogP contribution in [0.15, 0.2) is 60.7 Å². The van der Waals surface area contributed by atoms with Crippen LogP contribution in [0, 0.1) is 0 Å². The van der Waals surface area contributed by atoms with Crippen LogP contribution in [0.4, 0.5) is 5.69 Å². The third-order valence-corrected chi connectivity index (χ3v) is 5.17. The summed E-state index contributed by atoms with van der Waals surface area (Å²) in [7, 11) is 1.62. The third-order valence-electron chi connectivity index (χ3n) is 5.17. The number of methoxy groups -OCH3 is 1. The molecule has 0 radical (unpaired) electrons. The molecule has 0 fully saturated rings. The molecule has 32 heavy (non-hydrogen) atoms. The fourth-order valence-electron chi connectivity index (χ4n) is 3.69. The van der Waals surface area contributed by atoms with Crippen LogP contribution < -0.4 is 9.64 Å². The predicted octanol–water partition coefficient (Wildman–Crippen LogP) is 3.70. The summed E-state index contributed by atoms with van der Waals surface area (Å²) >= 11 is 0. The van der Waals surface area contributed by atoms with Gasteiger partial charge in [-0.15, -0.1) is 0 Å². The standard InChI is InChI=1S/C25H25NO6/c1-29-12-13-30-14-15-31-16-17-32-22-11-3-2-10-21(22)26-24(27)19-8-4-6-18-7-5-9-20(23(18)19)25(26)28/h2-11H,12-17H2,1H3. The lowest BCUT2D eigenvalue weighted by Crippen LogP contribution is -2.40. The van der Waals surface area contributed by atoms with E-state index in [2.05, 4.69) is 0 Å². The summed E-state index contributed by atoms with van der Waals surface area (Å²) in [5.74, 6) is -0.277. The second-order valence-electron chi connectivity index (χ2n) is 7.19. The minimum atomic E-state index is -0.361. The van der Waals surface area contributed by atoms with Crippen molar-refractivity contribution in [3.63, 3.8) is 0 Å². The number of anilines is 1. The van der Waals surface area contributed by atoms with Crippen LogP contribution in [0.1, 0.15) is 20.7 Å². The summed E-state index contributed by atoms with van der Waals surface area (Å²) in [4.78, 5) is 27.8. The molecule has 1 aliphatic heterocycles. The van der Waals surface area contributed by atoms with Gasteiger partial charge < -0.3 is 18.9 Å². The Hall–Kier alpha value is -3.26. The molecule has 0 spiro atoms. The summed E-state index contributed by atoms with van der Waals surface area (Å²) in [5, 5.41) is 1.56. The number of ether oxygens (including phenoxy) is 4. The normalized spacial score (nSPS) is 13.1. The van der Waals surface area contributed by atoms with Crippen LogP contribution in [-0.4, -0.2) is 58.6 Å². The number of amides is 2. The Morgan fingerprint density at radius 2 is 1.28 bits per heavy atom. The molecule has 0 atom stereocenters. The zero-order valence-corrected chi connectivity index (χ0v) is 17.9. The van der Waals surface area contributed by atoms with Gasteiger partial charge in [0, 0.05) is 23.6 Å². The predicted molar refractivity (Wildman–Crippen MR) is 121 cm³/mol. The van der Waals surface area contributed by atoms with Crippen molar-refractivity contribution in [2.75, 3.05) is 51.7 Å². The molecule has 3 aromatic carbocycles. The highest BCUT2D eigenvalue weighted by molar-refractivity contribution is 6.36. The lowest BCUT2D eigenvalue weighted by Gasteiger charge is -2.28. The lowest BCUT2D eigenvalue weighted by atomic mass is 9.93. The molecule has 7 nitrogen and oxygen atoms in total. The summed E-state index contributed by atoms with van der Waals surface area (Å²) in [6.07, 6.45) is 0. The average molecular weight is 435 g/mol. The molecular formula is C25H25NO6. The molecule has 4 rings (SSSR count). The van der Waals surface area contributed by atoms with E-state index in [4.69, 9.17) is 18.9 Å². The van der Waals surface area contributed by atoms with Crippen molar-refractivity contribution in [1.82, 2.24) is 0 Å². The molecule has 0 bridgehead atoms. The van der Waals surface area contributed by atoms with E-state index in [1.807, 2.05) is 24.3 Å². The van der Waals surface area contributed by atoms with Crippen molar-refractivity contribution in [1.29, 1.82) is 0 Å². The maximum absolute atomic E-state index is 13.3. The van der Waals surface area contributed by atoms with Gasteiger partial charge in [-0.05, 0) is 29.7 Å². The number of para-hydroxylation sites is 2. The van der Waals surface area contributed by atoms with E-state index < -0.39 is 0 Å². The molecule has 7 heteroatoms. The molecule has 0 aromatic heterocycles. The molecule has 0 saturated carbocycles. The van der Waals surface area contributed by atoms with Gasteiger partial charge in [0.1, 0.15) is 12.4 Å². The first kappa shape index (κ1) is 22.0. The third kappa shape index (κ3) is 4.50. The molecular weight excluding hydrogens is 410 g/mol. The largest absolute Gasteiger partial charge is 0.489 e. The number of rotatable bonds is 11. The van der Waals surface area contributed by atoms with Crippen molar-refractivity contribution in [3.05, 3.63) is 71.8 Å². The maximum Gasteiger partial charge on any atom is 0.266 e. The summed E-state index contributed by atoms with van der Waals surface area (Å²) in [6, 6.07) is 18.0. The topological polar surface area (TPSA) is 74.3 Å².